The molecule has 1 heterocycles. The third-order valence-electron chi connectivity index (χ3n) is 5.54. The van der Waals surface area contributed by atoms with Crippen molar-refractivity contribution in [3.05, 3.63) is 35.8 Å². The first-order valence-electron chi connectivity index (χ1n) is 9.88. The molecule has 2 saturated carbocycles. The molecule has 2 aliphatic carbocycles. The maximum atomic E-state index is 14.5. The highest BCUT2D eigenvalue weighted by Crippen LogP contribution is 2.38. The number of rotatable bonds is 7. The Morgan fingerprint density at radius 3 is 2.67 bits per heavy atom. The largest absolute Gasteiger partial charge is 0.493 e. The summed E-state index contributed by atoms with van der Waals surface area (Å²) in [6, 6.07) is 5.12. The SMILES string of the molecule is Cc1cc(-c2ccc(OC[C@@H]3CC(F)(F)CC[C@@H]3NS(=O)(=O)C3CC3)cc2F)no1. The van der Waals surface area contributed by atoms with E-state index in [1.807, 2.05) is 0 Å². The van der Waals surface area contributed by atoms with Gasteiger partial charge in [0, 0.05) is 42.5 Å². The molecule has 0 aliphatic heterocycles. The fourth-order valence-corrected chi connectivity index (χ4v) is 5.42. The topological polar surface area (TPSA) is 81.4 Å². The molecule has 1 N–H and O–H groups in total. The van der Waals surface area contributed by atoms with Gasteiger partial charge in [-0.1, -0.05) is 5.16 Å². The zero-order chi connectivity index (χ0) is 21.5. The van der Waals surface area contributed by atoms with E-state index in [9.17, 15) is 21.6 Å². The number of hydrogen-bond acceptors (Lipinski definition) is 5. The van der Waals surface area contributed by atoms with Crippen LogP contribution in [0.4, 0.5) is 13.2 Å². The first-order chi connectivity index (χ1) is 14.1. The Morgan fingerprint density at radius 1 is 1.27 bits per heavy atom. The van der Waals surface area contributed by atoms with Gasteiger partial charge in [-0.3, -0.25) is 0 Å². The standard InChI is InChI=1S/C20H23F3N2O4S/c1-12-8-19(24-29-12)16-5-2-14(9-17(16)21)28-11-13-10-20(22,23)7-6-18(13)25-30(26,27)15-3-4-15/h2,5,8-9,13,15,18,25H,3-4,6-7,10-11H2,1H3/t13-,18-/m0/s1. The molecule has 30 heavy (non-hydrogen) atoms. The fraction of sp³-hybridized carbons (Fsp3) is 0.550. The Hall–Kier alpha value is -2.07. The van der Waals surface area contributed by atoms with Gasteiger partial charge >= 0.3 is 0 Å². The summed E-state index contributed by atoms with van der Waals surface area (Å²) >= 11 is 0. The average Bonchev–Trinajstić information content (AvgIpc) is 3.45. The van der Waals surface area contributed by atoms with E-state index < -0.39 is 45.4 Å². The molecule has 4 rings (SSSR count). The highest BCUT2D eigenvalue weighted by atomic mass is 32.2. The van der Waals surface area contributed by atoms with Crippen molar-refractivity contribution < 1.29 is 30.8 Å². The van der Waals surface area contributed by atoms with Gasteiger partial charge in [-0.25, -0.2) is 26.3 Å². The molecule has 2 aromatic rings. The fourth-order valence-electron chi connectivity index (χ4n) is 3.74. The lowest BCUT2D eigenvalue weighted by Crippen LogP contribution is -2.49. The van der Waals surface area contributed by atoms with Gasteiger partial charge in [0.25, 0.3) is 0 Å². The van der Waals surface area contributed by atoms with Crippen molar-refractivity contribution in [2.75, 3.05) is 6.61 Å². The van der Waals surface area contributed by atoms with E-state index in [4.69, 9.17) is 9.26 Å². The minimum Gasteiger partial charge on any atom is -0.493 e. The van der Waals surface area contributed by atoms with Gasteiger partial charge in [0.15, 0.2) is 0 Å². The predicted octanol–water partition coefficient (Wildman–Crippen LogP) is 4.05. The smallest absolute Gasteiger partial charge is 0.248 e. The predicted molar refractivity (Wildman–Crippen MR) is 103 cm³/mol. The zero-order valence-electron chi connectivity index (χ0n) is 16.4. The second-order valence-electron chi connectivity index (χ2n) is 8.10. The van der Waals surface area contributed by atoms with Crippen LogP contribution in [-0.2, 0) is 10.0 Å². The van der Waals surface area contributed by atoms with Gasteiger partial charge in [-0.15, -0.1) is 0 Å². The van der Waals surface area contributed by atoms with Crippen molar-refractivity contribution >= 4 is 10.0 Å². The maximum absolute atomic E-state index is 14.5. The van der Waals surface area contributed by atoms with Gasteiger partial charge in [-0.05, 0) is 38.3 Å². The van der Waals surface area contributed by atoms with Crippen LogP contribution < -0.4 is 9.46 Å². The number of nitrogens with zero attached hydrogens (tertiary/aromatic N) is 1. The Labute approximate surface area is 172 Å². The average molecular weight is 444 g/mol. The molecular weight excluding hydrogens is 421 g/mol. The van der Waals surface area contributed by atoms with Crippen LogP contribution >= 0.6 is 0 Å². The van der Waals surface area contributed by atoms with E-state index in [1.54, 1.807) is 13.0 Å². The summed E-state index contributed by atoms with van der Waals surface area (Å²) in [5, 5.41) is 3.34. The van der Waals surface area contributed by atoms with E-state index in [2.05, 4.69) is 9.88 Å². The van der Waals surface area contributed by atoms with Crippen molar-refractivity contribution in [3.8, 4) is 17.0 Å². The number of alkyl halides is 2. The van der Waals surface area contributed by atoms with Gasteiger partial charge in [0.1, 0.15) is 23.0 Å². The lowest BCUT2D eigenvalue weighted by Gasteiger charge is -2.36. The quantitative estimate of drug-likeness (QED) is 0.697. The lowest BCUT2D eigenvalue weighted by atomic mass is 9.83. The first kappa shape index (κ1) is 21.2. The van der Waals surface area contributed by atoms with Gasteiger partial charge in [-0.2, -0.15) is 0 Å². The Morgan fingerprint density at radius 2 is 2.03 bits per heavy atom. The van der Waals surface area contributed by atoms with Crippen LogP contribution in [0.15, 0.2) is 28.8 Å². The summed E-state index contributed by atoms with van der Waals surface area (Å²) in [6.07, 6.45) is 0.364. The van der Waals surface area contributed by atoms with Crippen molar-refractivity contribution in [1.82, 2.24) is 9.88 Å². The number of aryl methyl sites for hydroxylation is 1. The Bertz CT molecular complexity index is 1020. The van der Waals surface area contributed by atoms with Crippen molar-refractivity contribution in [2.24, 2.45) is 5.92 Å². The highest BCUT2D eigenvalue weighted by molar-refractivity contribution is 7.90. The Kier molecular flexibility index (Phi) is 5.56. The number of nitrogens with one attached hydrogen (secondary N) is 1. The van der Waals surface area contributed by atoms with Crippen LogP contribution in [0.1, 0.15) is 37.9 Å². The van der Waals surface area contributed by atoms with Gasteiger partial charge in [0.05, 0.1) is 11.9 Å². The Balaban J connectivity index is 1.45. The number of aromatic nitrogens is 1. The van der Waals surface area contributed by atoms with Crippen LogP contribution in [0.25, 0.3) is 11.3 Å². The lowest BCUT2D eigenvalue weighted by molar-refractivity contribution is -0.0661. The second-order valence-corrected chi connectivity index (χ2v) is 10.1. The van der Waals surface area contributed by atoms with E-state index in [0.29, 0.717) is 24.3 Å². The molecule has 6 nitrogen and oxygen atoms in total. The molecule has 1 aromatic heterocycles. The molecule has 2 fully saturated rings. The van der Waals surface area contributed by atoms with Crippen LogP contribution in [0, 0.1) is 18.7 Å². The maximum Gasteiger partial charge on any atom is 0.248 e. The number of benzene rings is 1. The molecule has 1 aromatic carbocycles. The van der Waals surface area contributed by atoms with Crippen molar-refractivity contribution in [2.45, 2.75) is 56.2 Å². The van der Waals surface area contributed by atoms with E-state index in [0.717, 1.165) is 6.07 Å². The summed E-state index contributed by atoms with van der Waals surface area (Å²) in [5.74, 6) is -3.46. The zero-order valence-corrected chi connectivity index (χ0v) is 17.2. The van der Waals surface area contributed by atoms with E-state index in [-0.39, 0.29) is 30.8 Å². The first-order valence-corrected chi connectivity index (χ1v) is 11.4. The number of halogens is 3. The molecule has 0 amide bonds. The van der Waals surface area contributed by atoms with Gasteiger partial charge < -0.3 is 9.26 Å². The van der Waals surface area contributed by atoms with E-state index >= 15 is 0 Å². The molecule has 0 spiro atoms. The molecule has 2 aliphatic rings. The number of sulfonamides is 1. The van der Waals surface area contributed by atoms with Crippen molar-refractivity contribution in [1.29, 1.82) is 0 Å². The molecule has 0 saturated heterocycles. The van der Waals surface area contributed by atoms with Crippen LogP contribution in [0.3, 0.4) is 0 Å². The molecule has 0 radical (unpaired) electrons. The van der Waals surface area contributed by atoms with Gasteiger partial charge in [0.2, 0.25) is 15.9 Å². The van der Waals surface area contributed by atoms with Crippen LogP contribution in [0.5, 0.6) is 5.75 Å². The third-order valence-corrected chi connectivity index (χ3v) is 7.52. The third kappa shape index (κ3) is 4.80. The molecule has 10 heteroatoms. The summed E-state index contributed by atoms with van der Waals surface area (Å²) in [5.41, 5.74) is 0.580. The summed E-state index contributed by atoms with van der Waals surface area (Å²) < 4.78 is 80.0. The molecule has 0 bridgehead atoms. The van der Waals surface area contributed by atoms with Crippen molar-refractivity contribution in [3.63, 3.8) is 0 Å². The minimum absolute atomic E-state index is 0.0335. The normalized spacial score (nSPS) is 24.0. The molecule has 2 atom stereocenters. The molecular formula is C20H23F3N2O4S. The van der Waals surface area contributed by atoms with Crippen LogP contribution in [0.2, 0.25) is 0 Å². The number of ether oxygens (including phenoxy) is 1. The highest BCUT2D eigenvalue weighted by Gasteiger charge is 2.45. The minimum atomic E-state index is -3.51. The monoisotopic (exact) mass is 444 g/mol. The molecule has 164 valence electrons. The number of hydrogen-bond donors (Lipinski definition) is 1. The molecule has 0 unspecified atom stereocenters. The van der Waals surface area contributed by atoms with E-state index in [1.165, 1.54) is 12.1 Å². The summed E-state index contributed by atoms with van der Waals surface area (Å²) in [7, 11) is -3.51. The summed E-state index contributed by atoms with van der Waals surface area (Å²) in [4.78, 5) is 0. The summed E-state index contributed by atoms with van der Waals surface area (Å²) in [6.45, 7) is 1.55. The van der Waals surface area contributed by atoms with Crippen LogP contribution in [-0.4, -0.2) is 37.4 Å². The second kappa shape index (κ2) is 7.88.